The number of methoxy groups -OCH3 is 1. The molecular formula is C25H19FN2O4. The van der Waals surface area contributed by atoms with Crippen molar-refractivity contribution in [3.05, 3.63) is 100 Å². The predicted molar refractivity (Wildman–Crippen MR) is 118 cm³/mol. The van der Waals surface area contributed by atoms with Gasteiger partial charge in [-0.15, -0.1) is 0 Å². The third kappa shape index (κ3) is 4.41. The van der Waals surface area contributed by atoms with Crippen molar-refractivity contribution in [3.63, 3.8) is 0 Å². The van der Waals surface area contributed by atoms with Gasteiger partial charge < -0.3 is 15.4 Å². The number of ether oxygens (including phenoxy) is 1. The number of carbonyl (C=O) groups is 3. The van der Waals surface area contributed by atoms with E-state index in [4.69, 9.17) is 4.74 Å². The molecule has 1 aliphatic heterocycles. The standard InChI is InChI=1S/C25H19FN2O4/c1-32-19-8-5-15(6-9-19)14-27-24(30)17-7-10-22-20(13-17)23(29)21(25(31)28-22)12-16-3-2-4-18(26)11-16/h2-13H,14H2,1H3,(H,27,30)(H,28,31)/b21-12+. The van der Waals surface area contributed by atoms with Crippen LogP contribution in [0.25, 0.3) is 6.08 Å². The molecule has 0 saturated heterocycles. The number of benzene rings is 3. The Balaban J connectivity index is 1.54. The molecule has 2 N–H and O–H groups in total. The fraction of sp³-hybridized carbons (Fsp3) is 0.0800. The van der Waals surface area contributed by atoms with Gasteiger partial charge in [0.05, 0.1) is 18.4 Å². The Hall–Kier alpha value is -4.26. The van der Waals surface area contributed by atoms with Crippen molar-refractivity contribution in [1.29, 1.82) is 0 Å². The summed E-state index contributed by atoms with van der Waals surface area (Å²) in [6.45, 7) is 0.301. The molecule has 3 aromatic rings. The number of Topliss-reactive ketones (excluding diaryl/α,β-unsaturated/α-hetero) is 1. The highest BCUT2D eigenvalue weighted by atomic mass is 19.1. The molecule has 0 fully saturated rings. The largest absolute Gasteiger partial charge is 0.497 e. The van der Waals surface area contributed by atoms with Crippen LogP contribution >= 0.6 is 0 Å². The van der Waals surface area contributed by atoms with Crippen LogP contribution in [0.4, 0.5) is 10.1 Å². The molecule has 1 heterocycles. The van der Waals surface area contributed by atoms with Crippen LogP contribution in [0.1, 0.15) is 31.8 Å². The monoisotopic (exact) mass is 430 g/mol. The van der Waals surface area contributed by atoms with E-state index in [1.807, 2.05) is 12.1 Å². The summed E-state index contributed by atoms with van der Waals surface area (Å²) in [5.41, 5.74) is 1.96. The SMILES string of the molecule is COc1ccc(CNC(=O)c2ccc3c(c2)C(=O)/C(=C\c2cccc(F)c2)C(=O)N3)cc1. The van der Waals surface area contributed by atoms with E-state index in [-0.39, 0.29) is 22.6 Å². The predicted octanol–water partition coefficient (Wildman–Crippen LogP) is 3.98. The molecule has 0 spiro atoms. The van der Waals surface area contributed by atoms with Crippen LogP contribution < -0.4 is 15.4 Å². The molecule has 0 saturated carbocycles. The summed E-state index contributed by atoms with van der Waals surface area (Å²) in [5.74, 6) is -1.22. The maximum absolute atomic E-state index is 13.5. The zero-order valence-corrected chi connectivity index (χ0v) is 17.1. The van der Waals surface area contributed by atoms with Gasteiger partial charge in [0.25, 0.3) is 11.8 Å². The Morgan fingerprint density at radius 1 is 1.06 bits per heavy atom. The van der Waals surface area contributed by atoms with Gasteiger partial charge >= 0.3 is 0 Å². The van der Waals surface area contributed by atoms with Crippen molar-refractivity contribution in [2.45, 2.75) is 6.54 Å². The molecule has 0 aromatic heterocycles. The molecule has 2 amide bonds. The van der Waals surface area contributed by atoms with Gasteiger partial charge in [-0.1, -0.05) is 24.3 Å². The number of ketones is 1. The van der Waals surface area contributed by atoms with E-state index in [1.165, 1.54) is 42.5 Å². The molecule has 7 heteroatoms. The zero-order valence-electron chi connectivity index (χ0n) is 17.1. The summed E-state index contributed by atoms with van der Waals surface area (Å²) in [4.78, 5) is 38.0. The Bertz CT molecular complexity index is 1250. The number of hydrogen-bond donors (Lipinski definition) is 2. The number of nitrogens with one attached hydrogen (secondary N) is 2. The Morgan fingerprint density at radius 2 is 1.84 bits per heavy atom. The van der Waals surface area contributed by atoms with Crippen molar-refractivity contribution in [3.8, 4) is 5.75 Å². The number of carbonyl (C=O) groups excluding carboxylic acids is 3. The minimum absolute atomic E-state index is 0.126. The van der Waals surface area contributed by atoms with Gasteiger partial charge in [0, 0.05) is 17.7 Å². The van der Waals surface area contributed by atoms with E-state index in [2.05, 4.69) is 10.6 Å². The molecule has 0 bridgehead atoms. The van der Waals surface area contributed by atoms with Crippen molar-refractivity contribution in [2.24, 2.45) is 0 Å². The fourth-order valence-corrected chi connectivity index (χ4v) is 3.34. The van der Waals surface area contributed by atoms with Crippen molar-refractivity contribution in [1.82, 2.24) is 5.32 Å². The van der Waals surface area contributed by atoms with E-state index >= 15 is 0 Å². The third-order valence-corrected chi connectivity index (χ3v) is 5.04. The lowest BCUT2D eigenvalue weighted by Gasteiger charge is -2.19. The molecule has 32 heavy (non-hydrogen) atoms. The van der Waals surface area contributed by atoms with Crippen LogP contribution in [0.5, 0.6) is 5.75 Å². The second kappa shape index (κ2) is 8.85. The molecule has 6 nitrogen and oxygen atoms in total. The number of hydrogen-bond acceptors (Lipinski definition) is 4. The summed E-state index contributed by atoms with van der Waals surface area (Å²) in [7, 11) is 1.58. The normalized spacial score (nSPS) is 14.0. The van der Waals surface area contributed by atoms with E-state index in [1.54, 1.807) is 25.3 Å². The van der Waals surface area contributed by atoms with Gasteiger partial charge in [0.2, 0.25) is 5.78 Å². The lowest BCUT2D eigenvalue weighted by atomic mass is 9.93. The fourth-order valence-electron chi connectivity index (χ4n) is 3.34. The first-order valence-corrected chi connectivity index (χ1v) is 9.83. The van der Waals surface area contributed by atoms with Crippen LogP contribution in [-0.2, 0) is 11.3 Å². The number of rotatable bonds is 5. The van der Waals surface area contributed by atoms with Crippen LogP contribution in [0.15, 0.2) is 72.3 Å². The van der Waals surface area contributed by atoms with Gasteiger partial charge in [-0.25, -0.2) is 4.39 Å². The molecule has 0 unspecified atom stereocenters. The van der Waals surface area contributed by atoms with Crippen molar-refractivity contribution in [2.75, 3.05) is 12.4 Å². The van der Waals surface area contributed by atoms with Crippen LogP contribution in [0, 0.1) is 5.82 Å². The summed E-state index contributed by atoms with van der Waals surface area (Å²) < 4.78 is 18.6. The maximum atomic E-state index is 13.5. The highest BCUT2D eigenvalue weighted by Crippen LogP contribution is 2.28. The number of fused-ring (bicyclic) bond motifs is 1. The van der Waals surface area contributed by atoms with Gasteiger partial charge in [-0.05, 0) is 59.7 Å². The zero-order chi connectivity index (χ0) is 22.7. The Labute approximate surface area is 183 Å². The van der Waals surface area contributed by atoms with Crippen LogP contribution in [0.2, 0.25) is 0 Å². The molecule has 4 rings (SSSR count). The van der Waals surface area contributed by atoms with Crippen molar-refractivity contribution >= 4 is 29.4 Å². The topological polar surface area (TPSA) is 84.5 Å². The summed E-state index contributed by atoms with van der Waals surface area (Å²) in [5, 5.41) is 5.45. The molecule has 3 aromatic carbocycles. The number of halogens is 1. The minimum atomic E-state index is -0.580. The van der Waals surface area contributed by atoms with E-state index in [9.17, 15) is 18.8 Å². The molecule has 0 aliphatic carbocycles. The smallest absolute Gasteiger partial charge is 0.259 e. The van der Waals surface area contributed by atoms with E-state index in [0.717, 1.165) is 11.3 Å². The second-order valence-corrected chi connectivity index (χ2v) is 7.19. The van der Waals surface area contributed by atoms with E-state index in [0.29, 0.717) is 17.8 Å². The Morgan fingerprint density at radius 3 is 2.56 bits per heavy atom. The van der Waals surface area contributed by atoms with Gasteiger partial charge in [-0.3, -0.25) is 14.4 Å². The maximum Gasteiger partial charge on any atom is 0.259 e. The van der Waals surface area contributed by atoms with Crippen LogP contribution in [-0.4, -0.2) is 24.7 Å². The summed E-state index contributed by atoms with van der Waals surface area (Å²) >= 11 is 0. The number of amides is 2. The van der Waals surface area contributed by atoms with Crippen molar-refractivity contribution < 1.29 is 23.5 Å². The number of anilines is 1. The van der Waals surface area contributed by atoms with E-state index < -0.39 is 17.5 Å². The minimum Gasteiger partial charge on any atom is -0.497 e. The lowest BCUT2D eigenvalue weighted by molar-refractivity contribution is -0.112. The Kier molecular flexibility index (Phi) is 5.81. The first kappa shape index (κ1) is 21.0. The average Bonchev–Trinajstić information content (AvgIpc) is 2.80. The molecular weight excluding hydrogens is 411 g/mol. The quantitative estimate of drug-likeness (QED) is 0.474. The average molecular weight is 430 g/mol. The summed E-state index contributed by atoms with van der Waals surface area (Å²) in [6, 6.07) is 17.4. The molecule has 0 atom stereocenters. The van der Waals surface area contributed by atoms with Gasteiger partial charge in [0.1, 0.15) is 11.6 Å². The third-order valence-electron chi connectivity index (χ3n) is 5.04. The molecule has 160 valence electrons. The first-order chi connectivity index (χ1) is 15.4. The highest BCUT2D eigenvalue weighted by molar-refractivity contribution is 6.36. The summed E-state index contributed by atoms with van der Waals surface area (Å²) in [6.07, 6.45) is 1.33. The van der Waals surface area contributed by atoms with Gasteiger partial charge in [0.15, 0.2) is 0 Å². The molecule has 0 radical (unpaired) electrons. The molecule has 1 aliphatic rings. The lowest BCUT2D eigenvalue weighted by Crippen LogP contribution is -2.28. The first-order valence-electron chi connectivity index (χ1n) is 9.83. The second-order valence-electron chi connectivity index (χ2n) is 7.19. The highest BCUT2D eigenvalue weighted by Gasteiger charge is 2.29. The van der Waals surface area contributed by atoms with Gasteiger partial charge in [-0.2, -0.15) is 0 Å². The van der Waals surface area contributed by atoms with Crippen LogP contribution in [0.3, 0.4) is 0 Å².